The number of carbonyl (C=O) groups excluding carboxylic acids is 1. The first-order chi connectivity index (χ1) is 8.23. The Hall–Kier alpha value is -1.10. The number of nitrogens with zero attached hydrogens (tertiary/aromatic N) is 1. The maximum atomic E-state index is 12.4. The molecule has 4 atom stereocenters. The van der Waals surface area contributed by atoms with Crippen LogP contribution in [0.15, 0.2) is 0 Å². The lowest BCUT2D eigenvalue weighted by atomic mass is 9.86. The Labute approximate surface area is 107 Å². The lowest BCUT2D eigenvalue weighted by Crippen LogP contribution is -2.52. The molecule has 0 aliphatic carbocycles. The van der Waals surface area contributed by atoms with E-state index in [4.69, 9.17) is 10.8 Å². The molecule has 2 fully saturated rings. The Kier molecular flexibility index (Phi) is 3.13. The van der Waals surface area contributed by atoms with E-state index >= 15 is 0 Å². The molecule has 5 nitrogen and oxygen atoms in total. The SMILES string of the molecule is CC(C)(C)[C@@H](N)C(=O)N1C2CCC1C(C(=O)O)C2. The molecule has 0 radical (unpaired) electrons. The smallest absolute Gasteiger partial charge is 0.308 e. The first kappa shape index (κ1) is 13.3. The fourth-order valence-corrected chi connectivity index (χ4v) is 3.13. The van der Waals surface area contributed by atoms with Gasteiger partial charge in [-0.1, -0.05) is 20.8 Å². The number of rotatable bonds is 2. The van der Waals surface area contributed by atoms with E-state index in [1.807, 2.05) is 20.8 Å². The van der Waals surface area contributed by atoms with Crippen molar-refractivity contribution in [3.8, 4) is 0 Å². The van der Waals surface area contributed by atoms with E-state index in [2.05, 4.69) is 0 Å². The minimum absolute atomic E-state index is 0.0806. The molecule has 5 heteroatoms. The second-order valence-corrected chi connectivity index (χ2v) is 6.57. The number of carboxylic acids is 1. The largest absolute Gasteiger partial charge is 0.481 e. The summed E-state index contributed by atoms with van der Waals surface area (Å²) < 4.78 is 0. The van der Waals surface area contributed by atoms with E-state index < -0.39 is 17.9 Å². The zero-order chi connectivity index (χ0) is 13.7. The number of aliphatic carboxylic acids is 1. The van der Waals surface area contributed by atoms with Crippen LogP contribution in [0.25, 0.3) is 0 Å². The minimum Gasteiger partial charge on any atom is -0.481 e. The van der Waals surface area contributed by atoms with Crippen molar-refractivity contribution in [2.75, 3.05) is 0 Å². The van der Waals surface area contributed by atoms with E-state index in [1.54, 1.807) is 4.90 Å². The van der Waals surface area contributed by atoms with Crippen LogP contribution in [-0.4, -0.2) is 40.0 Å². The van der Waals surface area contributed by atoms with Gasteiger partial charge in [0.15, 0.2) is 0 Å². The van der Waals surface area contributed by atoms with Crippen LogP contribution in [0.5, 0.6) is 0 Å². The van der Waals surface area contributed by atoms with Gasteiger partial charge in [0.05, 0.1) is 12.0 Å². The number of amides is 1. The number of nitrogens with two attached hydrogens (primary N) is 1. The molecule has 2 bridgehead atoms. The third-order valence-corrected chi connectivity index (χ3v) is 4.31. The van der Waals surface area contributed by atoms with E-state index in [9.17, 15) is 9.59 Å². The van der Waals surface area contributed by atoms with Crippen molar-refractivity contribution in [3.05, 3.63) is 0 Å². The third-order valence-electron chi connectivity index (χ3n) is 4.31. The van der Waals surface area contributed by atoms with Crippen molar-refractivity contribution in [2.24, 2.45) is 17.1 Å². The number of carboxylic acid groups (broad SMARTS) is 1. The summed E-state index contributed by atoms with van der Waals surface area (Å²) in [5, 5.41) is 9.16. The van der Waals surface area contributed by atoms with Crippen LogP contribution in [0.3, 0.4) is 0 Å². The zero-order valence-corrected chi connectivity index (χ0v) is 11.2. The van der Waals surface area contributed by atoms with Crippen molar-refractivity contribution in [2.45, 2.75) is 58.2 Å². The number of hydrogen-bond donors (Lipinski definition) is 2. The molecule has 2 aliphatic rings. The van der Waals surface area contributed by atoms with Crippen LogP contribution in [0.2, 0.25) is 0 Å². The van der Waals surface area contributed by atoms with Gasteiger partial charge in [-0.05, 0) is 24.7 Å². The van der Waals surface area contributed by atoms with Gasteiger partial charge in [0.1, 0.15) is 0 Å². The summed E-state index contributed by atoms with van der Waals surface area (Å²) in [7, 11) is 0. The summed E-state index contributed by atoms with van der Waals surface area (Å²) in [4.78, 5) is 25.3. The molecule has 102 valence electrons. The zero-order valence-electron chi connectivity index (χ0n) is 11.2. The number of carbonyl (C=O) groups is 2. The van der Waals surface area contributed by atoms with Gasteiger partial charge in [0, 0.05) is 12.1 Å². The van der Waals surface area contributed by atoms with Gasteiger partial charge in [-0.25, -0.2) is 0 Å². The van der Waals surface area contributed by atoms with E-state index in [0.717, 1.165) is 12.8 Å². The van der Waals surface area contributed by atoms with Gasteiger partial charge in [-0.3, -0.25) is 9.59 Å². The second kappa shape index (κ2) is 4.23. The molecule has 0 spiro atoms. The van der Waals surface area contributed by atoms with Crippen molar-refractivity contribution in [3.63, 3.8) is 0 Å². The predicted molar refractivity (Wildman–Crippen MR) is 66.8 cm³/mol. The maximum absolute atomic E-state index is 12.4. The van der Waals surface area contributed by atoms with Crippen LogP contribution < -0.4 is 5.73 Å². The Morgan fingerprint density at radius 2 is 1.94 bits per heavy atom. The molecule has 0 aromatic rings. The highest BCUT2D eigenvalue weighted by Gasteiger charge is 2.52. The van der Waals surface area contributed by atoms with Gasteiger partial charge in [-0.15, -0.1) is 0 Å². The lowest BCUT2D eigenvalue weighted by Gasteiger charge is -2.32. The van der Waals surface area contributed by atoms with Crippen LogP contribution in [0.1, 0.15) is 40.0 Å². The van der Waals surface area contributed by atoms with Crippen LogP contribution in [0.4, 0.5) is 0 Å². The maximum Gasteiger partial charge on any atom is 0.308 e. The van der Waals surface area contributed by atoms with Crippen molar-refractivity contribution in [1.29, 1.82) is 0 Å². The highest BCUT2D eigenvalue weighted by atomic mass is 16.4. The van der Waals surface area contributed by atoms with Crippen LogP contribution in [-0.2, 0) is 9.59 Å². The minimum atomic E-state index is -0.788. The number of fused-ring (bicyclic) bond motifs is 2. The van der Waals surface area contributed by atoms with E-state index in [1.165, 1.54) is 0 Å². The number of hydrogen-bond acceptors (Lipinski definition) is 3. The lowest BCUT2D eigenvalue weighted by molar-refractivity contribution is -0.143. The average Bonchev–Trinajstić information content (AvgIpc) is 2.82. The predicted octanol–water partition coefficient (Wildman–Crippen LogP) is 0.824. The molecular weight excluding hydrogens is 232 g/mol. The molecule has 18 heavy (non-hydrogen) atoms. The molecular formula is C13H22N2O3. The molecule has 3 unspecified atom stereocenters. The summed E-state index contributed by atoms with van der Waals surface area (Å²) in [5.74, 6) is -1.28. The van der Waals surface area contributed by atoms with Crippen LogP contribution in [0, 0.1) is 11.3 Å². The molecule has 2 saturated heterocycles. The molecule has 1 amide bonds. The van der Waals surface area contributed by atoms with Gasteiger partial charge >= 0.3 is 5.97 Å². The van der Waals surface area contributed by atoms with E-state index in [0.29, 0.717) is 6.42 Å². The Morgan fingerprint density at radius 1 is 1.33 bits per heavy atom. The van der Waals surface area contributed by atoms with Crippen molar-refractivity contribution >= 4 is 11.9 Å². The quantitative estimate of drug-likeness (QED) is 0.764. The third kappa shape index (κ3) is 2.00. The summed E-state index contributed by atoms with van der Waals surface area (Å²) in [6.45, 7) is 5.80. The summed E-state index contributed by atoms with van der Waals surface area (Å²) in [6, 6.07) is -0.626. The molecule has 0 aromatic heterocycles. The molecule has 2 heterocycles. The van der Waals surface area contributed by atoms with E-state index in [-0.39, 0.29) is 23.4 Å². The standard InChI is InChI=1S/C13H22N2O3/c1-13(2,3)10(14)11(16)15-7-4-5-9(15)8(6-7)12(17)18/h7-10H,4-6,14H2,1-3H3,(H,17,18)/t7?,8?,9?,10-/m0/s1. The Balaban J connectivity index is 2.16. The fourth-order valence-electron chi connectivity index (χ4n) is 3.13. The molecule has 2 aliphatic heterocycles. The molecule has 3 N–H and O–H groups in total. The normalized spacial score (nSPS) is 32.7. The van der Waals surface area contributed by atoms with Gasteiger partial charge in [0.2, 0.25) is 5.91 Å². The Bertz CT molecular complexity index is 375. The Morgan fingerprint density at radius 3 is 2.39 bits per heavy atom. The monoisotopic (exact) mass is 254 g/mol. The second-order valence-electron chi connectivity index (χ2n) is 6.57. The first-order valence-electron chi connectivity index (χ1n) is 6.54. The first-order valence-corrected chi connectivity index (χ1v) is 6.54. The molecule has 2 rings (SSSR count). The van der Waals surface area contributed by atoms with Crippen LogP contribution >= 0.6 is 0 Å². The average molecular weight is 254 g/mol. The highest BCUT2D eigenvalue weighted by Crippen LogP contribution is 2.42. The summed E-state index contributed by atoms with van der Waals surface area (Å²) >= 11 is 0. The van der Waals surface area contributed by atoms with Gasteiger partial charge in [0.25, 0.3) is 0 Å². The summed E-state index contributed by atoms with van der Waals surface area (Å²) in [5.41, 5.74) is 5.72. The van der Waals surface area contributed by atoms with Gasteiger partial charge in [-0.2, -0.15) is 0 Å². The fraction of sp³-hybridized carbons (Fsp3) is 0.846. The highest BCUT2D eigenvalue weighted by molar-refractivity contribution is 5.85. The van der Waals surface area contributed by atoms with Crippen molar-refractivity contribution in [1.82, 2.24) is 4.90 Å². The summed E-state index contributed by atoms with van der Waals surface area (Å²) in [6.07, 6.45) is 2.30. The van der Waals surface area contributed by atoms with Gasteiger partial charge < -0.3 is 15.7 Å². The van der Waals surface area contributed by atoms with Crippen molar-refractivity contribution < 1.29 is 14.7 Å². The topological polar surface area (TPSA) is 83.6 Å². The molecule has 0 saturated carbocycles. The molecule has 0 aromatic carbocycles.